The normalized spacial score (nSPS) is 13.8. The third-order valence-electron chi connectivity index (χ3n) is 1.52. The molecule has 1 atom stereocenters. The van der Waals surface area contributed by atoms with Gasteiger partial charge >= 0.3 is 5.97 Å². The summed E-state index contributed by atoms with van der Waals surface area (Å²) in [5, 5.41) is 0. The highest BCUT2D eigenvalue weighted by molar-refractivity contribution is 5.69. The standard InChI is InChI=1S/C10H21NO3/c1-10(2,3)14-9(12)6-5-8(11)7-13-4/h8H,5-7,11H2,1-4H3. The zero-order valence-electron chi connectivity index (χ0n) is 9.50. The fraction of sp³-hybridized carbons (Fsp3) is 0.900. The van der Waals surface area contributed by atoms with E-state index in [9.17, 15) is 4.79 Å². The van der Waals surface area contributed by atoms with Gasteiger partial charge in [-0.1, -0.05) is 0 Å². The second-order valence-electron chi connectivity index (χ2n) is 4.34. The predicted molar refractivity (Wildman–Crippen MR) is 54.9 cm³/mol. The van der Waals surface area contributed by atoms with Gasteiger partial charge in [0.05, 0.1) is 6.61 Å². The fourth-order valence-electron chi connectivity index (χ4n) is 0.993. The minimum absolute atomic E-state index is 0.0903. The Morgan fingerprint density at radius 2 is 2.00 bits per heavy atom. The highest BCUT2D eigenvalue weighted by Crippen LogP contribution is 2.09. The van der Waals surface area contributed by atoms with Crippen LogP contribution in [0.4, 0.5) is 0 Å². The Bertz CT molecular complexity index is 175. The molecule has 0 rings (SSSR count). The van der Waals surface area contributed by atoms with Crippen molar-refractivity contribution in [2.24, 2.45) is 5.73 Å². The maximum atomic E-state index is 11.2. The molecule has 84 valence electrons. The Hall–Kier alpha value is -0.610. The molecule has 0 aliphatic carbocycles. The molecule has 0 aromatic carbocycles. The highest BCUT2D eigenvalue weighted by Gasteiger charge is 2.16. The molecule has 0 aliphatic heterocycles. The van der Waals surface area contributed by atoms with E-state index < -0.39 is 5.60 Å². The summed E-state index contributed by atoms with van der Waals surface area (Å²) in [7, 11) is 1.59. The summed E-state index contributed by atoms with van der Waals surface area (Å²) < 4.78 is 9.99. The number of esters is 1. The predicted octanol–water partition coefficient (Wildman–Crippen LogP) is 1.08. The lowest BCUT2D eigenvalue weighted by Crippen LogP contribution is -2.28. The van der Waals surface area contributed by atoms with Crippen molar-refractivity contribution >= 4 is 5.97 Å². The molecule has 2 N–H and O–H groups in total. The van der Waals surface area contributed by atoms with Gasteiger partial charge in [-0.2, -0.15) is 0 Å². The van der Waals surface area contributed by atoms with Crippen molar-refractivity contribution in [2.75, 3.05) is 13.7 Å². The van der Waals surface area contributed by atoms with Crippen molar-refractivity contribution in [1.29, 1.82) is 0 Å². The van der Waals surface area contributed by atoms with Crippen LogP contribution in [0.2, 0.25) is 0 Å². The Morgan fingerprint density at radius 3 is 2.43 bits per heavy atom. The topological polar surface area (TPSA) is 61.5 Å². The molecule has 1 unspecified atom stereocenters. The summed E-state index contributed by atoms with van der Waals surface area (Å²) in [5.41, 5.74) is 5.25. The first-order valence-corrected chi connectivity index (χ1v) is 4.81. The Kier molecular flexibility index (Phi) is 5.72. The maximum absolute atomic E-state index is 11.2. The third-order valence-corrected chi connectivity index (χ3v) is 1.52. The Balaban J connectivity index is 3.64. The van der Waals surface area contributed by atoms with Crippen molar-refractivity contribution in [3.8, 4) is 0 Å². The van der Waals surface area contributed by atoms with Crippen LogP contribution < -0.4 is 5.73 Å². The second kappa shape index (κ2) is 5.98. The summed E-state index contributed by atoms with van der Waals surface area (Å²) in [4.78, 5) is 11.2. The summed E-state index contributed by atoms with van der Waals surface area (Å²) >= 11 is 0. The van der Waals surface area contributed by atoms with Gasteiger partial charge < -0.3 is 15.2 Å². The number of hydrogen-bond donors (Lipinski definition) is 1. The smallest absolute Gasteiger partial charge is 0.306 e. The van der Waals surface area contributed by atoms with E-state index in [4.69, 9.17) is 15.2 Å². The van der Waals surface area contributed by atoms with Gasteiger partial charge in [-0.15, -0.1) is 0 Å². The third kappa shape index (κ3) is 8.01. The Morgan fingerprint density at radius 1 is 1.43 bits per heavy atom. The van der Waals surface area contributed by atoms with E-state index in [2.05, 4.69) is 0 Å². The zero-order valence-corrected chi connectivity index (χ0v) is 9.50. The average Bonchev–Trinajstić information content (AvgIpc) is 1.98. The van der Waals surface area contributed by atoms with Gasteiger partial charge in [0.15, 0.2) is 0 Å². The lowest BCUT2D eigenvalue weighted by molar-refractivity contribution is -0.155. The molecule has 0 aliphatic rings. The number of carbonyl (C=O) groups is 1. The largest absolute Gasteiger partial charge is 0.460 e. The van der Waals surface area contributed by atoms with Gasteiger partial charge in [-0.25, -0.2) is 0 Å². The summed E-state index contributed by atoms with van der Waals surface area (Å²) in [6, 6.07) is -0.0903. The van der Waals surface area contributed by atoms with E-state index in [1.165, 1.54) is 0 Å². The van der Waals surface area contributed by atoms with Gasteiger partial charge in [0.25, 0.3) is 0 Å². The number of rotatable bonds is 5. The maximum Gasteiger partial charge on any atom is 0.306 e. The molecule has 0 radical (unpaired) electrons. The summed E-state index contributed by atoms with van der Waals surface area (Å²) in [6.07, 6.45) is 0.949. The number of hydrogen-bond acceptors (Lipinski definition) is 4. The molecule has 4 nitrogen and oxygen atoms in total. The van der Waals surface area contributed by atoms with Crippen molar-refractivity contribution in [1.82, 2.24) is 0 Å². The molecule has 0 saturated heterocycles. The molecule has 0 bridgehead atoms. The molecule has 0 fully saturated rings. The zero-order chi connectivity index (χ0) is 11.2. The summed E-state index contributed by atoms with van der Waals surface area (Å²) in [5.74, 6) is -0.205. The van der Waals surface area contributed by atoms with Crippen LogP contribution in [0.1, 0.15) is 33.6 Å². The van der Waals surface area contributed by atoms with Crippen LogP contribution >= 0.6 is 0 Å². The minimum atomic E-state index is -0.414. The molecular weight excluding hydrogens is 182 g/mol. The molecule has 0 amide bonds. The van der Waals surface area contributed by atoms with Gasteiger partial charge in [0, 0.05) is 19.6 Å². The van der Waals surface area contributed by atoms with Crippen LogP contribution in [-0.2, 0) is 14.3 Å². The number of nitrogens with two attached hydrogens (primary N) is 1. The quantitative estimate of drug-likeness (QED) is 0.679. The van der Waals surface area contributed by atoms with Crippen molar-refractivity contribution in [3.63, 3.8) is 0 Å². The van der Waals surface area contributed by atoms with Crippen molar-refractivity contribution < 1.29 is 14.3 Å². The van der Waals surface area contributed by atoms with E-state index in [1.54, 1.807) is 7.11 Å². The van der Waals surface area contributed by atoms with Crippen molar-refractivity contribution in [3.05, 3.63) is 0 Å². The molecule has 4 heteroatoms. The number of carbonyl (C=O) groups excluding carboxylic acids is 1. The van der Waals surface area contributed by atoms with Crippen LogP contribution in [-0.4, -0.2) is 31.3 Å². The van der Waals surface area contributed by atoms with E-state index in [-0.39, 0.29) is 12.0 Å². The average molecular weight is 203 g/mol. The monoisotopic (exact) mass is 203 g/mol. The molecule has 0 aromatic heterocycles. The van der Waals surface area contributed by atoms with E-state index in [0.29, 0.717) is 19.4 Å². The first-order valence-electron chi connectivity index (χ1n) is 4.81. The molecule has 0 spiro atoms. The van der Waals surface area contributed by atoms with Crippen LogP contribution in [0, 0.1) is 0 Å². The summed E-state index contributed by atoms with van der Waals surface area (Å²) in [6.45, 7) is 6.02. The molecule has 14 heavy (non-hydrogen) atoms. The van der Waals surface area contributed by atoms with Gasteiger partial charge in [-0.05, 0) is 27.2 Å². The SMILES string of the molecule is COCC(N)CCC(=O)OC(C)(C)C. The van der Waals surface area contributed by atoms with Crippen LogP contribution in [0.3, 0.4) is 0 Å². The van der Waals surface area contributed by atoms with Crippen molar-refractivity contribution in [2.45, 2.75) is 45.3 Å². The molecule has 0 aromatic rings. The van der Waals surface area contributed by atoms with Gasteiger partial charge in [0.1, 0.15) is 5.60 Å². The van der Waals surface area contributed by atoms with Crippen LogP contribution in [0.15, 0.2) is 0 Å². The second-order valence-corrected chi connectivity index (χ2v) is 4.34. The minimum Gasteiger partial charge on any atom is -0.460 e. The molecule has 0 heterocycles. The van der Waals surface area contributed by atoms with Gasteiger partial charge in [0.2, 0.25) is 0 Å². The first-order chi connectivity index (χ1) is 6.35. The van der Waals surface area contributed by atoms with E-state index in [0.717, 1.165) is 0 Å². The molecular formula is C10H21NO3. The van der Waals surface area contributed by atoms with E-state index in [1.807, 2.05) is 20.8 Å². The lowest BCUT2D eigenvalue weighted by Gasteiger charge is -2.20. The lowest BCUT2D eigenvalue weighted by atomic mass is 10.1. The Labute approximate surface area is 85.8 Å². The highest BCUT2D eigenvalue weighted by atomic mass is 16.6. The van der Waals surface area contributed by atoms with Crippen LogP contribution in [0.25, 0.3) is 0 Å². The number of ether oxygens (including phenoxy) is 2. The van der Waals surface area contributed by atoms with Crippen LogP contribution in [0.5, 0.6) is 0 Å². The fourth-order valence-corrected chi connectivity index (χ4v) is 0.993. The first kappa shape index (κ1) is 13.4. The van der Waals surface area contributed by atoms with Gasteiger partial charge in [-0.3, -0.25) is 4.79 Å². The molecule has 0 saturated carbocycles. The number of methoxy groups -OCH3 is 1. The van der Waals surface area contributed by atoms with E-state index >= 15 is 0 Å².